The zero-order valence-electron chi connectivity index (χ0n) is 14.0. The monoisotopic (exact) mass is 313 g/mol. The number of benzene rings is 2. The van der Waals surface area contributed by atoms with Gasteiger partial charge in [0.25, 0.3) is 0 Å². The van der Waals surface area contributed by atoms with Crippen LogP contribution >= 0.6 is 0 Å². The van der Waals surface area contributed by atoms with Gasteiger partial charge in [-0.15, -0.1) is 0 Å². The highest BCUT2D eigenvalue weighted by molar-refractivity contribution is 5.91. The Balaban J connectivity index is 1.84. The Morgan fingerprint density at radius 3 is 2.87 bits per heavy atom. The molecule has 4 heteroatoms. The van der Waals surface area contributed by atoms with Crippen LogP contribution < -0.4 is 4.74 Å². The van der Waals surface area contributed by atoms with Crippen molar-refractivity contribution < 1.29 is 14.3 Å². The maximum absolute atomic E-state index is 12.7. The van der Waals surface area contributed by atoms with Crippen LogP contribution in [0.1, 0.15) is 19.4 Å². The summed E-state index contributed by atoms with van der Waals surface area (Å²) in [6.07, 6.45) is 0.403. The third kappa shape index (κ3) is 3.48. The number of nitrogens with zero attached hydrogens (tertiary/aromatic N) is 1. The van der Waals surface area contributed by atoms with E-state index in [-0.39, 0.29) is 11.5 Å². The summed E-state index contributed by atoms with van der Waals surface area (Å²) in [5, 5.41) is 2.20. The molecule has 0 saturated carbocycles. The van der Waals surface area contributed by atoms with Gasteiger partial charge in [-0.1, -0.05) is 24.3 Å². The minimum Gasteiger partial charge on any atom is -0.497 e. The largest absolute Gasteiger partial charge is 0.497 e. The van der Waals surface area contributed by atoms with Crippen LogP contribution in [0, 0.1) is 0 Å². The van der Waals surface area contributed by atoms with Gasteiger partial charge >= 0.3 is 0 Å². The molecule has 2 aromatic carbocycles. The molecule has 0 N–H and O–H groups in total. The average molecular weight is 313 g/mol. The molecule has 0 radical (unpaired) electrons. The molecule has 0 unspecified atom stereocenters. The number of methoxy groups -OCH3 is 1. The number of amides is 1. The van der Waals surface area contributed by atoms with Gasteiger partial charge in [0.2, 0.25) is 5.91 Å². The quantitative estimate of drug-likeness (QED) is 0.874. The summed E-state index contributed by atoms with van der Waals surface area (Å²) >= 11 is 0. The molecule has 2 aromatic rings. The minimum absolute atomic E-state index is 0.150. The molecule has 3 rings (SSSR count). The Morgan fingerprint density at radius 2 is 2.13 bits per heavy atom. The molecule has 0 aromatic heterocycles. The van der Waals surface area contributed by atoms with Gasteiger partial charge in [-0.2, -0.15) is 0 Å². The van der Waals surface area contributed by atoms with Crippen molar-refractivity contribution in [1.29, 1.82) is 0 Å². The molecule has 1 saturated heterocycles. The molecular formula is C19H23NO3. The Bertz CT molecular complexity index is 724. The zero-order chi connectivity index (χ0) is 16.4. The van der Waals surface area contributed by atoms with Crippen molar-refractivity contribution in [2.75, 3.05) is 26.8 Å². The van der Waals surface area contributed by atoms with Crippen LogP contribution in [0.3, 0.4) is 0 Å². The molecule has 122 valence electrons. The lowest BCUT2D eigenvalue weighted by molar-refractivity contribution is -0.145. The highest BCUT2D eigenvalue weighted by atomic mass is 16.5. The van der Waals surface area contributed by atoms with Gasteiger partial charge < -0.3 is 14.4 Å². The number of carbonyl (C=O) groups excluding carboxylic acids is 1. The molecule has 0 atom stereocenters. The summed E-state index contributed by atoms with van der Waals surface area (Å²) < 4.78 is 11.0. The van der Waals surface area contributed by atoms with Crippen LogP contribution in [0.5, 0.6) is 5.75 Å². The van der Waals surface area contributed by atoms with Crippen molar-refractivity contribution in [1.82, 2.24) is 4.90 Å². The molecule has 0 aliphatic carbocycles. The second-order valence-electron chi connectivity index (χ2n) is 6.60. The number of fused-ring (bicyclic) bond motifs is 1. The Kier molecular flexibility index (Phi) is 4.26. The Morgan fingerprint density at radius 1 is 1.30 bits per heavy atom. The first-order valence-corrected chi connectivity index (χ1v) is 7.96. The average Bonchev–Trinajstić information content (AvgIpc) is 2.53. The Labute approximate surface area is 137 Å². The number of rotatable bonds is 3. The molecule has 1 fully saturated rings. The maximum atomic E-state index is 12.7. The summed E-state index contributed by atoms with van der Waals surface area (Å²) in [5.74, 6) is 0.960. The molecular weight excluding hydrogens is 290 g/mol. The van der Waals surface area contributed by atoms with E-state index in [1.807, 2.05) is 49.1 Å². The van der Waals surface area contributed by atoms with Crippen LogP contribution in [0.25, 0.3) is 10.8 Å². The summed E-state index contributed by atoms with van der Waals surface area (Å²) in [6, 6.07) is 12.0. The lowest BCUT2D eigenvalue weighted by Gasteiger charge is -2.38. The van der Waals surface area contributed by atoms with Gasteiger partial charge in [0, 0.05) is 13.1 Å². The summed E-state index contributed by atoms with van der Waals surface area (Å²) in [5.41, 5.74) is 0.770. The predicted octanol–water partition coefficient (Wildman–Crippen LogP) is 3.03. The highest BCUT2D eigenvalue weighted by Gasteiger charge is 2.29. The molecule has 1 aliphatic rings. The number of morpholine rings is 1. The van der Waals surface area contributed by atoms with Gasteiger partial charge in [-0.3, -0.25) is 4.79 Å². The standard InChI is InChI=1S/C19H23NO3/c1-19(2)13-20(9-10-23-19)18(21)11-15-6-4-5-14-7-8-16(22-3)12-17(14)15/h4-8,12H,9-11,13H2,1-3H3. The first-order valence-electron chi connectivity index (χ1n) is 7.96. The number of hydrogen-bond acceptors (Lipinski definition) is 3. The summed E-state index contributed by atoms with van der Waals surface area (Å²) in [4.78, 5) is 14.6. The first kappa shape index (κ1) is 15.8. The summed E-state index contributed by atoms with van der Waals surface area (Å²) in [7, 11) is 1.66. The first-order chi connectivity index (χ1) is 11.0. The second-order valence-corrected chi connectivity index (χ2v) is 6.60. The Hall–Kier alpha value is -2.07. The van der Waals surface area contributed by atoms with E-state index in [0.717, 1.165) is 22.1 Å². The number of carbonyl (C=O) groups is 1. The van der Waals surface area contributed by atoms with Crippen LogP contribution in [0.15, 0.2) is 36.4 Å². The minimum atomic E-state index is -0.268. The fourth-order valence-electron chi connectivity index (χ4n) is 3.10. The van der Waals surface area contributed by atoms with Crippen molar-refractivity contribution in [2.45, 2.75) is 25.9 Å². The van der Waals surface area contributed by atoms with Crippen molar-refractivity contribution in [3.63, 3.8) is 0 Å². The van der Waals surface area contributed by atoms with E-state index in [4.69, 9.17) is 9.47 Å². The van der Waals surface area contributed by atoms with Crippen molar-refractivity contribution in [2.24, 2.45) is 0 Å². The highest BCUT2D eigenvalue weighted by Crippen LogP contribution is 2.25. The second kappa shape index (κ2) is 6.20. The fourth-order valence-corrected chi connectivity index (χ4v) is 3.10. The topological polar surface area (TPSA) is 38.8 Å². The molecule has 0 spiro atoms. The van der Waals surface area contributed by atoms with Gasteiger partial charge in [0.15, 0.2) is 0 Å². The molecule has 1 aliphatic heterocycles. The lowest BCUT2D eigenvalue weighted by Crippen LogP contribution is -2.51. The fraction of sp³-hybridized carbons (Fsp3) is 0.421. The summed E-state index contributed by atoms with van der Waals surface area (Å²) in [6.45, 7) is 5.95. The van der Waals surface area contributed by atoms with Gasteiger partial charge in [0.1, 0.15) is 5.75 Å². The smallest absolute Gasteiger partial charge is 0.227 e. The zero-order valence-corrected chi connectivity index (χ0v) is 14.0. The number of hydrogen-bond donors (Lipinski definition) is 0. The van der Waals surface area contributed by atoms with E-state index in [1.54, 1.807) is 7.11 Å². The van der Waals surface area contributed by atoms with E-state index in [0.29, 0.717) is 26.1 Å². The molecule has 23 heavy (non-hydrogen) atoms. The molecule has 0 bridgehead atoms. The van der Waals surface area contributed by atoms with Gasteiger partial charge in [0.05, 0.1) is 25.7 Å². The van der Waals surface area contributed by atoms with Crippen LogP contribution in [-0.2, 0) is 16.0 Å². The third-order valence-electron chi connectivity index (χ3n) is 4.30. The van der Waals surface area contributed by atoms with E-state index in [1.165, 1.54) is 0 Å². The van der Waals surface area contributed by atoms with Crippen molar-refractivity contribution in [3.8, 4) is 5.75 Å². The van der Waals surface area contributed by atoms with Crippen LogP contribution in [0.4, 0.5) is 0 Å². The number of ether oxygens (including phenoxy) is 2. The van der Waals surface area contributed by atoms with E-state index in [9.17, 15) is 4.79 Å². The molecule has 1 amide bonds. The van der Waals surface area contributed by atoms with Gasteiger partial charge in [-0.05, 0) is 42.3 Å². The normalized spacial score (nSPS) is 17.3. The van der Waals surface area contributed by atoms with Crippen molar-refractivity contribution in [3.05, 3.63) is 42.0 Å². The lowest BCUT2D eigenvalue weighted by atomic mass is 10.0. The van der Waals surface area contributed by atoms with E-state index < -0.39 is 0 Å². The molecule has 1 heterocycles. The predicted molar refractivity (Wildman–Crippen MR) is 90.8 cm³/mol. The van der Waals surface area contributed by atoms with Gasteiger partial charge in [-0.25, -0.2) is 0 Å². The molecule has 4 nitrogen and oxygen atoms in total. The van der Waals surface area contributed by atoms with Crippen LogP contribution in [0.2, 0.25) is 0 Å². The van der Waals surface area contributed by atoms with Crippen LogP contribution in [-0.4, -0.2) is 43.2 Å². The van der Waals surface area contributed by atoms with Crippen molar-refractivity contribution >= 4 is 16.7 Å². The van der Waals surface area contributed by atoms with E-state index in [2.05, 4.69) is 6.07 Å². The SMILES string of the molecule is COc1ccc2cccc(CC(=O)N3CCOC(C)(C)C3)c2c1. The maximum Gasteiger partial charge on any atom is 0.227 e. The third-order valence-corrected chi connectivity index (χ3v) is 4.30. The van der Waals surface area contributed by atoms with E-state index >= 15 is 0 Å².